The van der Waals surface area contributed by atoms with Gasteiger partial charge in [-0.1, -0.05) is 18.1 Å². The van der Waals surface area contributed by atoms with Crippen LogP contribution >= 0.6 is 0 Å². The van der Waals surface area contributed by atoms with E-state index in [-0.39, 0.29) is 17.7 Å². The van der Waals surface area contributed by atoms with E-state index in [9.17, 15) is 4.39 Å². The molecule has 0 aliphatic heterocycles. The summed E-state index contributed by atoms with van der Waals surface area (Å²) >= 11 is 0. The number of nitrogens with two attached hydrogens (primary N) is 1. The number of halogens is 1. The van der Waals surface area contributed by atoms with Gasteiger partial charge in [0.1, 0.15) is 5.82 Å². The zero-order valence-corrected chi connectivity index (χ0v) is 9.37. The third-order valence-electron chi connectivity index (χ3n) is 2.39. The van der Waals surface area contributed by atoms with E-state index in [2.05, 4.69) is 10.5 Å². The van der Waals surface area contributed by atoms with Crippen molar-refractivity contribution in [2.45, 2.75) is 26.3 Å². The lowest BCUT2D eigenvalue weighted by Crippen LogP contribution is -2.35. The molecule has 0 heterocycles. The van der Waals surface area contributed by atoms with Crippen molar-refractivity contribution in [1.82, 2.24) is 0 Å². The van der Waals surface area contributed by atoms with Gasteiger partial charge in [-0.15, -0.1) is 0 Å². The summed E-state index contributed by atoms with van der Waals surface area (Å²) in [5, 5.41) is 14.5. The minimum atomic E-state index is -0.299. The molecule has 1 aromatic carbocycles. The number of amidine groups is 1. The van der Waals surface area contributed by atoms with Gasteiger partial charge in [0.2, 0.25) is 0 Å². The molecular weight excluding hydrogens is 209 g/mol. The minimum absolute atomic E-state index is 0.0866. The Hall–Kier alpha value is -1.78. The van der Waals surface area contributed by atoms with Gasteiger partial charge in [0.15, 0.2) is 5.84 Å². The first kappa shape index (κ1) is 12.3. The summed E-state index contributed by atoms with van der Waals surface area (Å²) in [6.07, 6.45) is 0.644. The van der Waals surface area contributed by atoms with Gasteiger partial charge in [0.25, 0.3) is 0 Å². The molecule has 0 radical (unpaired) electrons. The highest BCUT2D eigenvalue weighted by Gasteiger charge is 2.11. The van der Waals surface area contributed by atoms with E-state index in [1.54, 1.807) is 19.1 Å². The Bertz CT molecular complexity index is 393. The first-order chi connectivity index (χ1) is 7.58. The first-order valence-corrected chi connectivity index (χ1v) is 5.08. The van der Waals surface area contributed by atoms with Gasteiger partial charge in [0.05, 0.1) is 6.04 Å². The zero-order chi connectivity index (χ0) is 12.1. The topological polar surface area (TPSA) is 70.6 Å². The number of anilines is 1. The molecule has 4 N–H and O–H groups in total. The summed E-state index contributed by atoms with van der Waals surface area (Å²) in [5.74, 6) is -0.192. The highest BCUT2D eigenvalue weighted by Crippen LogP contribution is 2.15. The maximum absolute atomic E-state index is 13.3. The Morgan fingerprint density at radius 1 is 1.62 bits per heavy atom. The highest BCUT2D eigenvalue weighted by molar-refractivity contribution is 5.87. The summed E-state index contributed by atoms with van der Waals surface area (Å²) in [6, 6.07) is 4.53. The second kappa shape index (κ2) is 5.34. The van der Waals surface area contributed by atoms with Crippen LogP contribution in [0.4, 0.5) is 10.1 Å². The largest absolute Gasteiger partial charge is 0.409 e. The van der Waals surface area contributed by atoms with Crippen molar-refractivity contribution >= 4 is 11.5 Å². The van der Waals surface area contributed by atoms with Crippen LogP contribution in [0.15, 0.2) is 23.4 Å². The number of hydrogen-bond acceptors (Lipinski definition) is 3. The molecule has 0 spiro atoms. The lowest BCUT2D eigenvalue weighted by atomic mass is 10.1. The summed E-state index contributed by atoms with van der Waals surface area (Å²) in [7, 11) is 0. The van der Waals surface area contributed by atoms with Crippen molar-refractivity contribution in [3.63, 3.8) is 0 Å². The second-order valence-electron chi connectivity index (χ2n) is 3.59. The van der Waals surface area contributed by atoms with E-state index in [0.29, 0.717) is 17.7 Å². The Morgan fingerprint density at radius 3 is 2.81 bits per heavy atom. The predicted octanol–water partition coefficient (Wildman–Crippen LogP) is 2.07. The van der Waals surface area contributed by atoms with Crippen LogP contribution < -0.4 is 11.1 Å². The fraction of sp³-hybridized carbons (Fsp3) is 0.364. The summed E-state index contributed by atoms with van der Waals surface area (Å²) < 4.78 is 13.3. The fourth-order valence-electron chi connectivity index (χ4n) is 1.34. The number of hydrogen-bond donors (Lipinski definition) is 3. The number of nitrogens with zero attached hydrogens (tertiary/aromatic N) is 1. The van der Waals surface area contributed by atoms with Gasteiger partial charge >= 0.3 is 0 Å². The van der Waals surface area contributed by atoms with Crippen LogP contribution in [0, 0.1) is 12.7 Å². The second-order valence-corrected chi connectivity index (χ2v) is 3.59. The maximum atomic E-state index is 13.3. The van der Waals surface area contributed by atoms with Crippen molar-refractivity contribution in [2.75, 3.05) is 5.32 Å². The molecule has 0 aliphatic carbocycles. The number of aryl methyl sites for hydroxylation is 1. The molecule has 0 saturated carbocycles. The smallest absolute Gasteiger partial charge is 0.161 e. The van der Waals surface area contributed by atoms with Crippen molar-refractivity contribution in [1.29, 1.82) is 0 Å². The molecule has 0 fully saturated rings. The molecule has 1 aromatic rings. The number of rotatable bonds is 4. The van der Waals surface area contributed by atoms with Crippen molar-refractivity contribution in [3.8, 4) is 0 Å². The van der Waals surface area contributed by atoms with Gasteiger partial charge in [0, 0.05) is 5.69 Å². The SMILES string of the molecule is CCC(Nc1ccc(C)c(F)c1)C(N)=NO. The molecule has 5 heteroatoms. The van der Waals surface area contributed by atoms with Crippen LogP contribution in [0.2, 0.25) is 0 Å². The summed E-state index contributed by atoms with van der Waals surface area (Å²) in [5.41, 5.74) is 6.69. The van der Waals surface area contributed by atoms with Crippen molar-refractivity contribution in [2.24, 2.45) is 10.9 Å². The highest BCUT2D eigenvalue weighted by atomic mass is 19.1. The molecular formula is C11H16FN3O. The van der Waals surface area contributed by atoms with Crippen LogP contribution in [0.5, 0.6) is 0 Å². The van der Waals surface area contributed by atoms with Crippen LogP contribution in [0.1, 0.15) is 18.9 Å². The van der Waals surface area contributed by atoms with Crippen molar-refractivity contribution in [3.05, 3.63) is 29.6 Å². The number of nitrogens with one attached hydrogen (secondary N) is 1. The van der Waals surface area contributed by atoms with E-state index in [1.807, 2.05) is 6.92 Å². The molecule has 1 unspecified atom stereocenters. The number of oxime groups is 1. The maximum Gasteiger partial charge on any atom is 0.161 e. The predicted molar refractivity (Wildman–Crippen MR) is 62.2 cm³/mol. The van der Waals surface area contributed by atoms with E-state index >= 15 is 0 Å². The lowest BCUT2D eigenvalue weighted by molar-refractivity contribution is 0.316. The first-order valence-electron chi connectivity index (χ1n) is 5.08. The van der Waals surface area contributed by atoms with Gasteiger partial charge in [-0.2, -0.15) is 0 Å². The average Bonchev–Trinajstić information content (AvgIpc) is 2.29. The molecule has 0 aliphatic rings. The zero-order valence-electron chi connectivity index (χ0n) is 9.37. The third kappa shape index (κ3) is 2.85. The molecule has 1 rings (SSSR count). The van der Waals surface area contributed by atoms with Crippen molar-refractivity contribution < 1.29 is 9.60 Å². The normalized spacial score (nSPS) is 13.6. The summed E-state index contributed by atoms with van der Waals surface area (Å²) in [4.78, 5) is 0. The molecule has 0 aromatic heterocycles. The molecule has 0 amide bonds. The Labute approximate surface area is 94.0 Å². The van der Waals surface area contributed by atoms with Gasteiger partial charge in [-0.05, 0) is 31.0 Å². The molecule has 16 heavy (non-hydrogen) atoms. The molecule has 0 saturated heterocycles. The van der Waals surface area contributed by atoms with E-state index in [0.717, 1.165) is 0 Å². The van der Waals surface area contributed by atoms with E-state index < -0.39 is 0 Å². The Kier molecular flexibility index (Phi) is 4.10. The Morgan fingerprint density at radius 2 is 2.31 bits per heavy atom. The van der Waals surface area contributed by atoms with Crippen LogP contribution in [0.3, 0.4) is 0 Å². The number of benzene rings is 1. The molecule has 0 bridgehead atoms. The fourth-order valence-corrected chi connectivity index (χ4v) is 1.34. The third-order valence-corrected chi connectivity index (χ3v) is 2.39. The van der Waals surface area contributed by atoms with Crippen LogP contribution in [-0.4, -0.2) is 17.1 Å². The lowest BCUT2D eigenvalue weighted by Gasteiger charge is -2.16. The minimum Gasteiger partial charge on any atom is -0.409 e. The van der Waals surface area contributed by atoms with Gasteiger partial charge in [-0.25, -0.2) is 4.39 Å². The molecule has 4 nitrogen and oxygen atoms in total. The van der Waals surface area contributed by atoms with Gasteiger partial charge in [-0.3, -0.25) is 0 Å². The Balaban J connectivity index is 2.82. The molecule has 88 valence electrons. The molecule has 1 atom stereocenters. The average molecular weight is 225 g/mol. The summed E-state index contributed by atoms with van der Waals surface area (Å²) in [6.45, 7) is 3.58. The van der Waals surface area contributed by atoms with Crippen LogP contribution in [0.25, 0.3) is 0 Å². The standard InChI is InChI=1S/C11H16FN3O/c1-3-10(11(13)15-16)14-8-5-4-7(2)9(12)6-8/h4-6,10,14,16H,3H2,1-2H3,(H2,13,15). The monoisotopic (exact) mass is 225 g/mol. The van der Waals surface area contributed by atoms with E-state index in [1.165, 1.54) is 6.07 Å². The van der Waals surface area contributed by atoms with Gasteiger partial charge < -0.3 is 16.3 Å². The van der Waals surface area contributed by atoms with Crippen LogP contribution in [-0.2, 0) is 0 Å². The quantitative estimate of drug-likeness (QED) is 0.318. The van der Waals surface area contributed by atoms with E-state index in [4.69, 9.17) is 10.9 Å².